The van der Waals surface area contributed by atoms with Gasteiger partial charge in [0, 0.05) is 17.0 Å². The van der Waals surface area contributed by atoms with Crippen molar-refractivity contribution in [2.24, 2.45) is 0 Å². The van der Waals surface area contributed by atoms with Crippen molar-refractivity contribution in [3.8, 4) is 17.2 Å². The highest BCUT2D eigenvalue weighted by Crippen LogP contribution is 2.47. The standard InChI is InChI=1S/C15H23NO3/c1-15(2)11(8-9-16-15)10-6-7-12(17-3)14(19-5)13(10)18-4/h6-7,11,16H,8-9H2,1-5H3. The monoisotopic (exact) mass is 265 g/mol. The summed E-state index contributed by atoms with van der Waals surface area (Å²) in [6, 6.07) is 4.03. The number of hydrogen-bond donors (Lipinski definition) is 1. The van der Waals surface area contributed by atoms with Crippen LogP contribution in [0.5, 0.6) is 17.2 Å². The van der Waals surface area contributed by atoms with Crippen LogP contribution in [0, 0.1) is 0 Å². The second kappa shape index (κ2) is 5.29. The zero-order chi connectivity index (χ0) is 14.0. The predicted octanol–water partition coefficient (Wildman–Crippen LogP) is 2.57. The number of ether oxygens (including phenoxy) is 3. The van der Waals surface area contributed by atoms with Gasteiger partial charge in [-0.2, -0.15) is 0 Å². The molecule has 1 aromatic carbocycles. The maximum atomic E-state index is 5.58. The molecular formula is C15H23NO3. The van der Waals surface area contributed by atoms with Gasteiger partial charge in [-0.3, -0.25) is 0 Å². The largest absolute Gasteiger partial charge is 0.493 e. The molecule has 0 aromatic heterocycles. The first-order valence-corrected chi connectivity index (χ1v) is 6.59. The Balaban J connectivity index is 2.52. The van der Waals surface area contributed by atoms with Crippen molar-refractivity contribution < 1.29 is 14.2 Å². The van der Waals surface area contributed by atoms with Crippen LogP contribution in [0.4, 0.5) is 0 Å². The third kappa shape index (κ3) is 2.37. The second-order valence-electron chi connectivity index (χ2n) is 5.41. The molecule has 106 valence electrons. The van der Waals surface area contributed by atoms with E-state index >= 15 is 0 Å². The smallest absolute Gasteiger partial charge is 0.203 e. The van der Waals surface area contributed by atoms with Crippen LogP contribution in [-0.4, -0.2) is 33.4 Å². The van der Waals surface area contributed by atoms with E-state index < -0.39 is 0 Å². The number of methoxy groups -OCH3 is 3. The Kier molecular flexibility index (Phi) is 3.90. The average Bonchev–Trinajstić information content (AvgIpc) is 2.76. The van der Waals surface area contributed by atoms with Crippen LogP contribution in [0.25, 0.3) is 0 Å². The Labute approximate surface area is 115 Å². The van der Waals surface area contributed by atoms with E-state index in [0.717, 1.165) is 18.7 Å². The van der Waals surface area contributed by atoms with Gasteiger partial charge < -0.3 is 19.5 Å². The first-order valence-electron chi connectivity index (χ1n) is 6.59. The fourth-order valence-electron chi connectivity index (χ4n) is 2.97. The molecule has 1 unspecified atom stereocenters. The number of nitrogens with one attached hydrogen (secondary N) is 1. The molecule has 0 bridgehead atoms. The summed E-state index contributed by atoms with van der Waals surface area (Å²) in [7, 11) is 4.95. The van der Waals surface area contributed by atoms with Crippen LogP contribution in [0.15, 0.2) is 12.1 Å². The van der Waals surface area contributed by atoms with Crippen molar-refractivity contribution in [1.29, 1.82) is 0 Å². The van der Waals surface area contributed by atoms with Crippen molar-refractivity contribution >= 4 is 0 Å². The van der Waals surface area contributed by atoms with Crippen molar-refractivity contribution in [2.45, 2.75) is 31.7 Å². The van der Waals surface area contributed by atoms with E-state index in [1.165, 1.54) is 5.56 Å². The summed E-state index contributed by atoms with van der Waals surface area (Å²) >= 11 is 0. The Morgan fingerprint density at radius 3 is 2.21 bits per heavy atom. The minimum Gasteiger partial charge on any atom is -0.493 e. The van der Waals surface area contributed by atoms with E-state index in [0.29, 0.717) is 17.4 Å². The molecule has 0 saturated carbocycles. The Hall–Kier alpha value is -1.42. The second-order valence-corrected chi connectivity index (χ2v) is 5.41. The molecule has 1 aliphatic rings. The van der Waals surface area contributed by atoms with Gasteiger partial charge in [0.15, 0.2) is 11.5 Å². The normalized spacial score (nSPS) is 21.2. The maximum absolute atomic E-state index is 5.58. The lowest BCUT2D eigenvalue weighted by Gasteiger charge is -2.29. The Morgan fingerprint density at radius 2 is 1.74 bits per heavy atom. The summed E-state index contributed by atoms with van der Waals surface area (Å²) in [6.07, 6.45) is 1.10. The van der Waals surface area contributed by atoms with Crippen molar-refractivity contribution in [2.75, 3.05) is 27.9 Å². The van der Waals surface area contributed by atoms with Crippen molar-refractivity contribution in [1.82, 2.24) is 5.32 Å². The van der Waals surface area contributed by atoms with E-state index in [1.807, 2.05) is 6.07 Å². The maximum Gasteiger partial charge on any atom is 0.203 e. The van der Waals surface area contributed by atoms with Gasteiger partial charge in [0.25, 0.3) is 0 Å². The molecule has 19 heavy (non-hydrogen) atoms. The molecule has 2 rings (SSSR count). The molecule has 1 N–H and O–H groups in total. The van der Waals surface area contributed by atoms with Gasteiger partial charge in [0.1, 0.15) is 0 Å². The average molecular weight is 265 g/mol. The molecule has 1 aliphatic heterocycles. The van der Waals surface area contributed by atoms with Gasteiger partial charge >= 0.3 is 0 Å². The third-order valence-electron chi connectivity index (χ3n) is 3.99. The van der Waals surface area contributed by atoms with Crippen LogP contribution in [-0.2, 0) is 0 Å². The lowest BCUT2D eigenvalue weighted by Crippen LogP contribution is -2.37. The van der Waals surface area contributed by atoms with E-state index in [9.17, 15) is 0 Å². The molecular weight excluding hydrogens is 242 g/mol. The van der Waals surface area contributed by atoms with E-state index in [-0.39, 0.29) is 5.54 Å². The SMILES string of the molecule is COc1ccc(C2CCNC2(C)C)c(OC)c1OC. The number of rotatable bonds is 4. The highest BCUT2D eigenvalue weighted by molar-refractivity contribution is 5.57. The fourth-order valence-corrected chi connectivity index (χ4v) is 2.97. The Morgan fingerprint density at radius 1 is 1.05 bits per heavy atom. The first-order chi connectivity index (χ1) is 9.05. The highest BCUT2D eigenvalue weighted by atomic mass is 16.5. The van der Waals surface area contributed by atoms with Crippen molar-refractivity contribution in [3.63, 3.8) is 0 Å². The summed E-state index contributed by atoms with van der Waals surface area (Å²) < 4.78 is 16.4. The molecule has 0 spiro atoms. The van der Waals surface area contributed by atoms with Crippen LogP contribution in [0.2, 0.25) is 0 Å². The van der Waals surface area contributed by atoms with E-state index in [2.05, 4.69) is 25.2 Å². The molecule has 1 aromatic rings. The quantitative estimate of drug-likeness (QED) is 0.908. The molecule has 0 aliphatic carbocycles. The lowest BCUT2D eigenvalue weighted by molar-refractivity contribution is 0.316. The van der Waals surface area contributed by atoms with Gasteiger partial charge in [0.05, 0.1) is 21.3 Å². The van der Waals surface area contributed by atoms with Gasteiger partial charge in [-0.25, -0.2) is 0 Å². The number of benzene rings is 1. The molecule has 1 heterocycles. The van der Waals surface area contributed by atoms with Crippen LogP contribution >= 0.6 is 0 Å². The number of hydrogen-bond acceptors (Lipinski definition) is 4. The lowest BCUT2D eigenvalue weighted by atomic mass is 9.82. The molecule has 1 saturated heterocycles. The van der Waals surface area contributed by atoms with Crippen LogP contribution < -0.4 is 19.5 Å². The van der Waals surface area contributed by atoms with Crippen LogP contribution in [0.3, 0.4) is 0 Å². The summed E-state index contributed by atoms with van der Waals surface area (Å²) in [5.41, 5.74) is 1.24. The summed E-state index contributed by atoms with van der Waals surface area (Å²) in [4.78, 5) is 0. The molecule has 1 fully saturated rings. The highest BCUT2D eigenvalue weighted by Gasteiger charge is 2.37. The van der Waals surface area contributed by atoms with Gasteiger partial charge in [0.2, 0.25) is 5.75 Å². The summed E-state index contributed by atoms with van der Waals surface area (Å²) in [6.45, 7) is 5.47. The molecule has 1 atom stereocenters. The molecule has 4 nitrogen and oxygen atoms in total. The topological polar surface area (TPSA) is 39.7 Å². The van der Waals surface area contributed by atoms with E-state index in [4.69, 9.17) is 14.2 Å². The summed E-state index contributed by atoms with van der Waals surface area (Å²) in [5.74, 6) is 2.56. The Bertz CT molecular complexity index is 457. The zero-order valence-electron chi connectivity index (χ0n) is 12.4. The summed E-state index contributed by atoms with van der Waals surface area (Å²) in [5, 5.41) is 3.53. The van der Waals surface area contributed by atoms with E-state index in [1.54, 1.807) is 21.3 Å². The predicted molar refractivity (Wildman–Crippen MR) is 75.5 cm³/mol. The fraction of sp³-hybridized carbons (Fsp3) is 0.600. The minimum atomic E-state index is 0.0624. The van der Waals surface area contributed by atoms with Crippen LogP contribution in [0.1, 0.15) is 31.7 Å². The van der Waals surface area contributed by atoms with Gasteiger partial charge in [-0.15, -0.1) is 0 Å². The van der Waals surface area contributed by atoms with Gasteiger partial charge in [-0.05, 0) is 32.9 Å². The zero-order valence-corrected chi connectivity index (χ0v) is 12.4. The third-order valence-corrected chi connectivity index (χ3v) is 3.99. The van der Waals surface area contributed by atoms with Crippen molar-refractivity contribution in [3.05, 3.63) is 17.7 Å². The molecule has 0 radical (unpaired) electrons. The molecule has 0 amide bonds. The van der Waals surface area contributed by atoms with Gasteiger partial charge in [-0.1, -0.05) is 6.07 Å². The first kappa shape index (κ1) is 14.0. The molecule has 4 heteroatoms. The minimum absolute atomic E-state index is 0.0624.